The Morgan fingerprint density at radius 3 is 2.96 bits per heavy atom. The Morgan fingerprint density at radius 1 is 1.29 bits per heavy atom. The maximum atomic E-state index is 12.7. The molecule has 0 bridgehead atoms. The van der Waals surface area contributed by atoms with E-state index in [0.29, 0.717) is 21.5 Å². The van der Waals surface area contributed by atoms with Gasteiger partial charge >= 0.3 is 0 Å². The summed E-state index contributed by atoms with van der Waals surface area (Å²) in [6, 6.07) is 5.52. The highest BCUT2D eigenvalue weighted by Gasteiger charge is 2.15. The van der Waals surface area contributed by atoms with E-state index in [0.717, 1.165) is 16.5 Å². The number of hydrogen-bond donors (Lipinski definition) is 4. The van der Waals surface area contributed by atoms with Crippen LogP contribution in [0.4, 0.5) is 16.6 Å². The molecule has 0 saturated carbocycles. The highest BCUT2D eigenvalue weighted by molar-refractivity contribution is 7.17. The largest absolute Gasteiger partial charge is 0.368 e. The van der Waals surface area contributed by atoms with Crippen LogP contribution in [-0.2, 0) is 11.3 Å². The predicted molar refractivity (Wildman–Crippen MR) is 106 cm³/mol. The van der Waals surface area contributed by atoms with Crippen LogP contribution in [0.2, 0.25) is 0 Å². The second kappa shape index (κ2) is 7.12. The lowest BCUT2D eigenvalue weighted by molar-refractivity contribution is -0.118. The first-order chi connectivity index (χ1) is 13.5. The standard InChI is InChI=1S/C17H16N8O2S/c1-9-2-3-11-10(6-20-23-11)15(9)22-16(27)12-7-19-17(28-12)21-14-4-5-25(24-14)8-13(18)26/h2-7H,8H2,1H3,(H2,18,26)(H,20,23)(H,22,27)(H,19,21,24). The predicted octanol–water partition coefficient (Wildman–Crippen LogP) is 2.01. The molecular formula is C17H16N8O2S. The van der Waals surface area contributed by atoms with E-state index in [4.69, 9.17) is 5.73 Å². The van der Waals surface area contributed by atoms with Gasteiger partial charge in [-0.25, -0.2) is 4.98 Å². The van der Waals surface area contributed by atoms with Crippen molar-refractivity contribution >= 4 is 50.7 Å². The van der Waals surface area contributed by atoms with Gasteiger partial charge < -0.3 is 16.4 Å². The van der Waals surface area contributed by atoms with E-state index in [2.05, 4.69) is 30.9 Å². The molecule has 0 unspecified atom stereocenters. The summed E-state index contributed by atoms with van der Waals surface area (Å²) in [7, 11) is 0. The molecule has 0 spiro atoms. The van der Waals surface area contributed by atoms with Gasteiger partial charge in [0.1, 0.15) is 11.4 Å². The van der Waals surface area contributed by atoms with Gasteiger partial charge in [0.15, 0.2) is 10.9 Å². The average Bonchev–Trinajstić information content (AvgIpc) is 3.38. The SMILES string of the molecule is Cc1ccc2[nH]ncc2c1NC(=O)c1cnc(Nc2ccn(CC(N)=O)n2)s1. The second-order valence-electron chi connectivity index (χ2n) is 6.06. The van der Waals surface area contributed by atoms with E-state index in [1.165, 1.54) is 22.2 Å². The molecule has 0 aliphatic heterocycles. The summed E-state index contributed by atoms with van der Waals surface area (Å²) in [5.41, 5.74) is 7.64. The van der Waals surface area contributed by atoms with Crippen molar-refractivity contribution in [2.24, 2.45) is 5.73 Å². The van der Waals surface area contributed by atoms with Gasteiger partial charge in [-0.15, -0.1) is 0 Å². The Balaban J connectivity index is 1.48. The zero-order valence-corrected chi connectivity index (χ0v) is 15.6. The van der Waals surface area contributed by atoms with Gasteiger partial charge in [0.05, 0.1) is 23.6 Å². The minimum atomic E-state index is -0.481. The molecule has 2 amide bonds. The van der Waals surface area contributed by atoms with Crippen molar-refractivity contribution in [1.82, 2.24) is 25.0 Å². The number of anilines is 3. The highest BCUT2D eigenvalue weighted by Crippen LogP contribution is 2.28. The molecule has 0 aliphatic carbocycles. The number of amides is 2. The third-order valence-electron chi connectivity index (χ3n) is 3.99. The molecule has 4 rings (SSSR count). The van der Waals surface area contributed by atoms with Gasteiger partial charge in [-0.3, -0.25) is 19.4 Å². The maximum absolute atomic E-state index is 12.7. The molecule has 4 aromatic rings. The number of aromatic amines is 1. The summed E-state index contributed by atoms with van der Waals surface area (Å²) >= 11 is 1.19. The molecule has 0 aliphatic rings. The van der Waals surface area contributed by atoms with Gasteiger partial charge in [0.2, 0.25) is 5.91 Å². The lowest BCUT2D eigenvalue weighted by atomic mass is 10.1. The number of aromatic nitrogens is 5. The van der Waals surface area contributed by atoms with Crippen LogP contribution >= 0.6 is 11.3 Å². The average molecular weight is 396 g/mol. The molecular weight excluding hydrogens is 380 g/mol. The van der Waals surface area contributed by atoms with E-state index in [1.807, 2.05) is 19.1 Å². The van der Waals surface area contributed by atoms with E-state index in [-0.39, 0.29) is 12.5 Å². The monoisotopic (exact) mass is 396 g/mol. The van der Waals surface area contributed by atoms with Crippen LogP contribution in [0.5, 0.6) is 0 Å². The van der Waals surface area contributed by atoms with Crippen molar-refractivity contribution in [1.29, 1.82) is 0 Å². The fourth-order valence-electron chi connectivity index (χ4n) is 2.69. The zero-order valence-electron chi connectivity index (χ0n) is 14.8. The summed E-state index contributed by atoms with van der Waals surface area (Å²) in [4.78, 5) is 28.2. The Hall–Kier alpha value is -3.73. The van der Waals surface area contributed by atoms with Crippen LogP contribution in [0.1, 0.15) is 15.2 Å². The number of carbonyl (C=O) groups is 2. The van der Waals surface area contributed by atoms with Crippen LogP contribution in [0, 0.1) is 6.92 Å². The number of carbonyl (C=O) groups excluding carboxylic acids is 2. The van der Waals surface area contributed by atoms with E-state index < -0.39 is 5.91 Å². The summed E-state index contributed by atoms with van der Waals surface area (Å²) in [5, 5.41) is 18.4. The van der Waals surface area contributed by atoms with Crippen LogP contribution < -0.4 is 16.4 Å². The van der Waals surface area contributed by atoms with Gasteiger partial charge in [0.25, 0.3) is 5.91 Å². The molecule has 28 heavy (non-hydrogen) atoms. The van der Waals surface area contributed by atoms with E-state index in [1.54, 1.807) is 18.5 Å². The lowest BCUT2D eigenvalue weighted by Gasteiger charge is -2.08. The molecule has 0 fully saturated rings. The molecule has 3 heterocycles. The smallest absolute Gasteiger partial charge is 0.267 e. The number of rotatable bonds is 6. The first kappa shape index (κ1) is 17.7. The molecule has 0 atom stereocenters. The van der Waals surface area contributed by atoms with Gasteiger partial charge in [-0.2, -0.15) is 10.2 Å². The minimum Gasteiger partial charge on any atom is -0.368 e. The summed E-state index contributed by atoms with van der Waals surface area (Å²) in [6.45, 7) is 1.91. The quantitative estimate of drug-likeness (QED) is 0.392. The normalized spacial score (nSPS) is 10.9. The Kier molecular flexibility index (Phi) is 4.49. The van der Waals surface area contributed by atoms with Crippen LogP contribution in [0.3, 0.4) is 0 Å². The molecule has 1 aromatic carbocycles. The van der Waals surface area contributed by atoms with Crippen LogP contribution in [0.15, 0.2) is 36.8 Å². The van der Waals surface area contributed by atoms with Crippen molar-refractivity contribution in [3.63, 3.8) is 0 Å². The molecule has 3 aromatic heterocycles. The maximum Gasteiger partial charge on any atom is 0.267 e. The highest BCUT2D eigenvalue weighted by atomic mass is 32.1. The number of aryl methyl sites for hydroxylation is 1. The molecule has 0 radical (unpaired) electrons. The lowest BCUT2D eigenvalue weighted by Crippen LogP contribution is -2.18. The molecule has 0 saturated heterocycles. The molecule has 5 N–H and O–H groups in total. The summed E-state index contributed by atoms with van der Waals surface area (Å²) in [6.07, 6.45) is 4.80. The number of fused-ring (bicyclic) bond motifs is 1. The number of thiazole rings is 1. The van der Waals surface area contributed by atoms with E-state index in [9.17, 15) is 9.59 Å². The van der Waals surface area contributed by atoms with Gasteiger partial charge in [-0.05, 0) is 18.6 Å². The fraction of sp³-hybridized carbons (Fsp3) is 0.118. The second-order valence-corrected chi connectivity index (χ2v) is 7.09. The number of H-pyrrole nitrogens is 1. The Morgan fingerprint density at radius 2 is 2.14 bits per heavy atom. The summed E-state index contributed by atoms with van der Waals surface area (Å²) < 4.78 is 1.42. The zero-order chi connectivity index (χ0) is 19.7. The first-order valence-corrected chi connectivity index (χ1v) is 9.10. The van der Waals surface area contributed by atoms with E-state index >= 15 is 0 Å². The topological polar surface area (TPSA) is 144 Å². The third-order valence-corrected chi connectivity index (χ3v) is 4.91. The van der Waals surface area contributed by atoms with Gasteiger partial charge in [0, 0.05) is 17.6 Å². The van der Waals surface area contributed by atoms with Gasteiger partial charge in [-0.1, -0.05) is 17.4 Å². The third kappa shape index (κ3) is 3.55. The van der Waals surface area contributed by atoms with Crippen molar-refractivity contribution < 1.29 is 9.59 Å². The number of hydrogen-bond acceptors (Lipinski definition) is 7. The Labute approximate surface area is 162 Å². The van der Waals surface area contributed by atoms with Crippen LogP contribution in [-0.4, -0.2) is 36.8 Å². The number of benzene rings is 1. The molecule has 142 valence electrons. The number of primary amides is 1. The summed E-state index contributed by atoms with van der Waals surface area (Å²) in [5.74, 6) is -0.242. The van der Waals surface area contributed by atoms with Crippen molar-refractivity contribution in [2.75, 3.05) is 10.6 Å². The Bertz CT molecular complexity index is 1170. The van der Waals surface area contributed by atoms with Crippen LogP contribution in [0.25, 0.3) is 10.9 Å². The number of nitrogens with one attached hydrogen (secondary N) is 3. The fourth-order valence-corrected chi connectivity index (χ4v) is 3.41. The molecule has 10 nitrogen and oxygen atoms in total. The number of nitrogens with zero attached hydrogens (tertiary/aromatic N) is 4. The minimum absolute atomic E-state index is 0.00782. The van der Waals surface area contributed by atoms with Crippen molar-refractivity contribution in [3.05, 3.63) is 47.2 Å². The molecule has 11 heteroatoms. The van der Waals surface area contributed by atoms with Crippen molar-refractivity contribution in [2.45, 2.75) is 13.5 Å². The number of nitrogens with two attached hydrogens (primary N) is 1. The first-order valence-electron chi connectivity index (χ1n) is 8.28. The van der Waals surface area contributed by atoms with Crippen molar-refractivity contribution in [3.8, 4) is 0 Å².